The summed E-state index contributed by atoms with van der Waals surface area (Å²) in [6.45, 7) is 1.76. The van der Waals surface area contributed by atoms with E-state index in [1.165, 1.54) is 12.1 Å². The minimum Gasteiger partial charge on any atom is -0.481 e. The fraction of sp³-hybridized carbons (Fsp3) is 0.300. The molecular weight excluding hydrogens is 207 g/mol. The van der Waals surface area contributed by atoms with Crippen molar-refractivity contribution >= 4 is 17.6 Å². The standard InChI is InChI=1S/C10H10ClFO2/c1-6(4-10(13)14)7-2-3-9(12)8(11)5-7/h2-3,5-6H,4H2,1H3,(H,13,14)/t6-/m1/s1. The van der Waals surface area contributed by atoms with Crippen molar-refractivity contribution in [2.45, 2.75) is 19.3 Å². The van der Waals surface area contributed by atoms with Crippen LogP contribution in [-0.4, -0.2) is 11.1 Å². The minimum absolute atomic E-state index is 0.0158. The van der Waals surface area contributed by atoms with E-state index in [0.29, 0.717) is 0 Å². The molecule has 0 heterocycles. The number of carboxylic acids is 1. The van der Waals surface area contributed by atoms with Gasteiger partial charge in [-0.3, -0.25) is 4.79 Å². The highest BCUT2D eigenvalue weighted by atomic mass is 35.5. The van der Waals surface area contributed by atoms with Crippen LogP contribution in [0.25, 0.3) is 0 Å². The maximum atomic E-state index is 12.8. The van der Waals surface area contributed by atoms with Gasteiger partial charge in [0.1, 0.15) is 5.82 Å². The van der Waals surface area contributed by atoms with Gasteiger partial charge in [-0.1, -0.05) is 24.6 Å². The van der Waals surface area contributed by atoms with Crippen molar-refractivity contribution in [2.75, 3.05) is 0 Å². The molecule has 1 N–H and O–H groups in total. The van der Waals surface area contributed by atoms with Gasteiger partial charge in [-0.15, -0.1) is 0 Å². The molecule has 0 fully saturated rings. The number of hydrogen-bond acceptors (Lipinski definition) is 1. The predicted molar refractivity (Wildman–Crippen MR) is 52.1 cm³/mol. The van der Waals surface area contributed by atoms with Crippen LogP contribution in [0.15, 0.2) is 18.2 Å². The summed E-state index contributed by atoms with van der Waals surface area (Å²) in [6.07, 6.45) is 0.0158. The first-order chi connectivity index (χ1) is 6.50. The van der Waals surface area contributed by atoms with Crippen LogP contribution in [0, 0.1) is 5.82 Å². The van der Waals surface area contributed by atoms with Crippen LogP contribution in [0.3, 0.4) is 0 Å². The average molecular weight is 217 g/mol. The van der Waals surface area contributed by atoms with Crippen molar-refractivity contribution in [3.8, 4) is 0 Å². The normalized spacial score (nSPS) is 12.5. The zero-order valence-electron chi connectivity index (χ0n) is 7.63. The lowest BCUT2D eigenvalue weighted by Gasteiger charge is -2.09. The lowest BCUT2D eigenvalue weighted by Crippen LogP contribution is -2.02. The molecule has 2 nitrogen and oxygen atoms in total. The molecule has 1 atom stereocenters. The lowest BCUT2D eigenvalue weighted by atomic mass is 9.98. The summed E-state index contributed by atoms with van der Waals surface area (Å²) in [4.78, 5) is 10.4. The van der Waals surface area contributed by atoms with E-state index in [4.69, 9.17) is 16.7 Å². The van der Waals surface area contributed by atoms with Crippen molar-refractivity contribution in [3.63, 3.8) is 0 Å². The number of carboxylic acid groups (broad SMARTS) is 1. The van der Waals surface area contributed by atoms with Gasteiger partial charge >= 0.3 is 5.97 Å². The number of rotatable bonds is 3. The molecule has 0 saturated heterocycles. The maximum Gasteiger partial charge on any atom is 0.303 e. The Bertz CT molecular complexity index is 352. The highest BCUT2D eigenvalue weighted by Crippen LogP contribution is 2.24. The van der Waals surface area contributed by atoms with Gasteiger partial charge in [-0.05, 0) is 23.6 Å². The second-order valence-electron chi connectivity index (χ2n) is 3.17. The Morgan fingerprint density at radius 3 is 2.79 bits per heavy atom. The van der Waals surface area contributed by atoms with E-state index in [1.807, 2.05) is 0 Å². The number of carbonyl (C=O) groups is 1. The Balaban J connectivity index is 2.85. The first-order valence-corrected chi connectivity index (χ1v) is 4.55. The van der Waals surface area contributed by atoms with E-state index in [-0.39, 0.29) is 17.4 Å². The third kappa shape index (κ3) is 2.70. The Morgan fingerprint density at radius 1 is 1.64 bits per heavy atom. The minimum atomic E-state index is -0.877. The van der Waals surface area contributed by atoms with Gasteiger partial charge in [0, 0.05) is 0 Å². The van der Waals surface area contributed by atoms with Crippen molar-refractivity contribution in [1.82, 2.24) is 0 Å². The molecule has 1 aromatic carbocycles. The smallest absolute Gasteiger partial charge is 0.303 e. The van der Waals surface area contributed by atoms with E-state index in [0.717, 1.165) is 5.56 Å². The van der Waals surface area contributed by atoms with E-state index in [2.05, 4.69) is 0 Å². The highest BCUT2D eigenvalue weighted by Gasteiger charge is 2.11. The molecule has 1 rings (SSSR count). The molecule has 0 aromatic heterocycles. The molecule has 0 radical (unpaired) electrons. The number of halogens is 2. The molecule has 0 aliphatic heterocycles. The van der Waals surface area contributed by atoms with Crippen LogP contribution in [-0.2, 0) is 4.79 Å². The summed E-state index contributed by atoms with van der Waals surface area (Å²) < 4.78 is 12.8. The maximum absolute atomic E-state index is 12.8. The summed E-state index contributed by atoms with van der Waals surface area (Å²) >= 11 is 5.57. The van der Waals surface area contributed by atoms with Gasteiger partial charge in [0.15, 0.2) is 0 Å². The van der Waals surface area contributed by atoms with Crippen LogP contribution in [0.5, 0.6) is 0 Å². The highest BCUT2D eigenvalue weighted by molar-refractivity contribution is 6.30. The second-order valence-corrected chi connectivity index (χ2v) is 3.58. The molecule has 0 bridgehead atoms. The van der Waals surface area contributed by atoms with E-state index in [1.54, 1.807) is 13.0 Å². The molecule has 0 aliphatic rings. The molecule has 0 aliphatic carbocycles. The third-order valence-corrected chi connectivity index (χ3v) is 2.28. The molecule has 0 amide bonds. The molecular formula is C10H10ClFO2. The van der Waals surface area contributed by atoms with E-state index >= 15 is 0 Å². The van der Waals surface area contributed by atoms with Gasteiger partial charge in [-0.25, -0.2) is 4.39 Å². The molecule has 14 heavy (non-hydrogen) atoms. The van der Waals surface area contributed by atoms with Crippen molar-refractivity contribution in [2.24, 2.45) is 0 Å². The van der Waals surface area contributed by atoms with Crippen molar-refractivity contribution in [3.05, 3.63) is 34.6 Å². The van der Waals surface area contributed by atoms with Crippen LogP contribution < -0.4 is 0 Å². The zero-order valence-corrected chi connectivity index (χ0v) is 8.38. The Kier molecular flexibility index (Phi) is 3.47. The Labute approximate surface area is 86.3 Å². The van der Waals surface area contributed by atoms with Gasteiger partial charge in [0.05, 0.1) is 11.4 Å². The Hall–Kier alpha value is -1.09. The van der Waals surface area contributed by atoms with Crippen molar-refractivity contribution in [1.29, 1.82) is 0 Å². The van der Waals surface area contributed by atoms with Gasteiger partial charge in [0.25, 0.3) is 0 Å². The summed E-state index contributed by atoms with van der Waals surface area (Å²) in [6, 6.07) is 4.26. The summed E-state index contributed by atoms with van der Waals surface area (Å²) in [7, 11) is 0. The molecule has 0 unspecified atom stereocenters. The second kappa shape index (κ2) is 4.42. The van der Waals surface area contributed by atoms with Crippen LogP contribution in [0.4, 0.5) is 4.39 Å². The average Bonchev–Trinajstić information content (AvgIpc) is 2.08. The number of aliphatic carboxylic acids is 1. The van der Waals surface area contributed by atoms with E-state index in [9.17, 15) is 9.18 Å². The largest absolute Gasteiger partial charge is 0.481 e. The number of benzene rings is 1. The number of hydrogen-bond donors (Lipinski definition) is 1. The van der Waals surface area contributed by atoms with Crippen LogP contribution in [0.1, 0.15) is 24.8 Å². The fourth-order valence-corrected chi connectivity index (χ4v) is 1.39. The monoisotopic (exact) mass is 216 g/mol. The lowest BCUT2D eigenvalue weighted by molar-refractivity contribution is -0.137. The van der Waals surface area contributed by atoms with Gasteiger partial charge in [-0.2, -0.15) is 0 Å². The predicted octanol–water partition coefficient (Wildman–Crippen LogP) is 3.06. The third-order valence-electron chi connectivity index (χ3n) is 1.99. The SMILES string of the molecule is C[C@H](CC(=O)O)c1ccc(F)c(Cl)c1. The van der Waals surface area contributed by atoms with Gasteiger partial charge < -0.3 is 5.11 Å². The quantitative estimate of drug-likeness (QED) is 0.843. The molecule has 0 spiro atoms. The molecule has 1 aromatic rings. The molecule has 0 saturated carbocycles. The first kappa shape index (κ1) is 11.0. The summed E-state index contributed by atoms with van der Waals surface area (Å²) in [5.41, 5.74) is 0.735. The molecule has 4 heteroatoms. The zero-order chi connectivity index (χ0) is 10.7. The Morgan fingerprint density at radius 2 is 2.29 bits per heavy atom. The first-order valence-electron chi connectivity index (χ1n) is 4.17. The van der Waals surface area contributed by atoms with Crippen LogP contribution >= 0.6 is 11.6 Å². The fourth-order valence-electron chi connectivity index (χ4n) is 1.20. The summed E-state index contributed by atoms with van der Waals surface area (Å²) in [5.74, 6) is -1.53. The van der Waals surface area contributed by atoms with Crippen LogP contribution in [0.2, 0.25) is 5.02 Å². The summed E-state index contributed by atoms with van der Waals surface area (Å²) in [5, 5.41) is 8.59. The van der Waals surface area contributed by atoms with E-state index < -0.39 is 11.8 Å². The topological polar surface area (TPSA) is 37.3 Å². The van der Waals surface area contributed by atoms with Gasteiger partial charge in [0.2, 0.25) is 0 Å². The van der Waals surface area contributed by atoms with Crippen molar-refractivity contribution < 1.29 is 14.3 Å². The molecule has 76 valence electrons.